The number of benzene rings is 2. The Morgan fingerprint density at radius 3 is 1.49 bits per heavy atom. The molecular formula is C29H42N8O2. The number of likely N-dealkylation sites (N-methyl/N-ethyl adjacent to an activating group) is 1. The monoisotopic (exact) mass is 534 g/mol. The lowest BCUT2D eigenvalue weighted by Crippen LogP contribution is -2.54. The Morgan fingerprint density at radius 1 is 0.590 bits per heavy atom. The molecule has 2 aromatic carbocycles. The van der Waals surface area contributed by atoms with Gasteiger partial charge in [-0.3, -0.25) is 19.8 Å². The minimum Gasteiger partial charge on any atom is -0.335 e. The first-order valence-electron chi connectivity index (χ1n) is 14.2. The fourth-order valence-corrected chi connectivity index (χ4v) is 5.58. The van der Waals surface area contributed by atoms with Crippen molar-refractivity contribution in [3.63, 3.8) is 0 Å². The Hall–Kier alpha value is -3.18. The van der Waals surface area contributed by atoms with Crippen molar-refractivity contribution < 1.29 is 9.59 Å². The normalized spacial score (nSPS) is 21.7. The highest BCUT2D eigenvalue weighted by atomic mass is 16.2. The average molecular weight is 535 g/mol. The summed E-state index contributed by atoms with van der Waals surface area (Å²) in [6.45, 7) is 13.0. The summed E-state index contributed by atoms with van der Waals surface area (Å²) in [6.07, 6.45) is 0. The summed E-state index contributed by atoms with van der Waals surface area (Å²) in [4.78, 5) is 30.3. The third kappa shape index (κ3) is 7.27. The second-order valence-corrected chi connectivity index (χ2v) is 10.6. The van der Waals surface area contributed by atoms with Crippen molar-refractivity contribution >= 4 is 12.1 Å². The first-order valence-corrected chi connectivity index (χ1v) is 14.2. The first kappa shape index (κ1) is 27.4. The van der Waals surface area contributed by atoms with Gasteiger partial charge in [-0.05, 0) is 11.1 Å². The molecule has 4 heterocycles. The van der Waals surface area contributed by atoms with Crippen molar-refractivity contribution in [1.29, 1.82) is 0 Å². The predicted octanol–water partition coefficient (Wildman–Crippen LogP) is 1.83. The van der Waals surface area contributed by atoms with Crippen LogP contribution in [0.5, 0.6) is 0 Å². The standard InChI is InChI=1S/C15H22N4O.C14H20N4O/c1-16-7-12-19(15(16)20)18-10-8-17(9-11-18)13-14-5-3-2-4-6-14;19-14-15-6-7-18(14)17-10-8-16(9-11-17)12-13-4-2-1-3-5-13/h2-6H,7-13H2,1H3;1-5H,6-12H2,(H,15,19). The van der Waals surface area contributed by atoms with Crippen LogP contribution in [0.3, 0.4) is 0 Å². The van der Waals surface area contributed by atoms with Gasteiger partial charge in [0.2, 0.25) is 0 Å². The molecule has 1 N–H and O–H groups in total. The number of amides is 4. The van der Waals surface area contributed by atoms with Crippen LogP contribution < -0.4 is 5.32 Å². The van der Waals surface area contributed by atoms with Crippen LogP contribution in [-0.2, 0) is 13.1 Å². The molecule has 6 rings (SSSR count). The SMILES string of the molecule is CN1CCN(N2CCN(Cc3ccccc3)CC2)C1=O.O=C1NCCN1N1CCN(Cc2ccccc2)CC1. The molecule has 4 aliphatic rings. The second-order valence-electron chi connectivity index (χ2n) is 10.6. The van der Waals surface area contributed by atoms with Gasteiger partial charge in [-0.25, -0.2) is 19.6 Å². The van der Waals surface area contributed by atoms with Crippen LogP contribution in [0.15, 0.2) is 60.7 Å². The topological polar surface area (TPSA) is 68.8 Å². The van der Waals surface area contributed by atoms with Gasteiger partial charge in [0.05, 0.1) is 13.1 Å². The van der Waals surface area contributed by atoms with Crippen molar-refractivity contribution in [2.24, 2.45) is 0 Å². The summed E-state index contributed by atoms with van der Waals surface area (Å²) in [5.74, 6) is 0. The maximum absolute atomic E-state index is 12.0. The molecule has 210 valence electrons. The van der Waals surface area contributed by atoms with E-state index in [1.165, 1.54) is 11.1 Å². The van der Waals surface area contributed by atoms with Gasteiger partial charge < -0.3 is 10.2 Å². The fraction of sp³-hybridized carbons (Fsp3) is 0.517. The van der Waals surface area contributed by atoms with Crippen LogP contribution in [0.25, 0.3) is 0 Å². The molecule has 2 aromatic rings. The van der Waals surface area contributed by atoms with Crippen molar-refractivity contribution in [2.45, 2.75) is 13.1 Å². The maximum atomic E-state index is 12.0. The Kier molecular flexibility index (Phi) is 9.31. The highest BCUT2D eigenvalue weighted by molar-refractivity contribution is 5.76. The molecule has 10 nitrogen and oxygen atoms in total. The van der Waals surface area contributed by atoms with E-state index in [1.807, 2.05) is 23.1 Å². The molecule has 0 atom stereocenters. The zero-order valence-corrected chi connectivity index (χ0v) is 23.1. The van der Waals surface area contributed by atoms with Gasteiger partial charge in [0.15, 0.2) is 0 Å². The molecule has 4 fully saturated rings. The molecule has 0 aliphatic carbocycles. The van der Waals surface area contributed by atoms with Crippen LogP contribution >= 0.6 is 0 Å². The molecule has 4 aliphatic heterocycles. The Bertz CT molecular complexity index is 1060. The smallest absolute Gasteiger partial charge is 0.334 e. The van der Waals surface area contributed by atoms with Gasteiger partial charge in [-0.15, -0.1) is 0 Å². The van der Waals surface area contributed by atoms with E-state index in [0.717, 1.165) is 91.6 Å². The summed E-state index contributed by atoms with van der Waals surface area (Å²) in [5, 5.41) is 11.0. The molecule has 0 bridgehead atoms. The summed E-state index contributed by atoms with van der Waals surface area (Å²) in [7, 11) is 1.87. The summed E-state index contributed by atoms with van der Waals surface area (Å²) in [6, 6.07) is 21.3. The van der Waals surface area contributed by atoms with Crippen LogP contribution in [0.2, 0.25) is 0 Å². The van der Waals surface area contributed by atoms with E-state index in [4.69, 9.17) is 0 Å². The van der Waals surface area contributed by atoms with Crippen LogP contribution in [0, 0.1) is 0 Å². The number of hydrazine groups is 2. The molecule has 0 spiro atoms. The highest BCUT2D eigenvalue weighted by Crippen LogP contribution is 2.15. The molecule has 0 radical (unpaired) electrons. The van der Waals surface area contributed by atoms with Gasteiger partial charge in [0, 0.05) is 85.6 Å². The number of hydrogen-bond acceptors (Lipinski definition) is 6. The van der Waals surface area contributed by atoms with Gasteiger partial charge in [0.1, 0.15) is 0 Å². The fourth-order valence-electron chi connectivity index (χ4n) is 5.58. The first-order chi connectivity index (χ1) is 19.1. The molecule has 4 saturated heterocycles. The molecule has 0 unspecified atom stereocenters. The number of carbonyl (C=O) groups excluding carboxylic acids is 2. The predicted molar refractivity (Wildman–Crippen MR) is 151 cm³/mol. The molecule has 39 heavy (non-hydrogen) atoms. The van der Waals surface area contributed by atoms with Crippen molar-refractivity contribution in [2.75, 3.05) is 85.6 Å². The van der Waals surface area contributed by atoms with Crippen LogP contribution in [-0.4, -0.2) is 132 Å². The number of rotatable bonds is 6. The second kappa shape index (κ2) is 13.3. The van der Waals surface area contributed by atoms with Gasteiger partial charge in [-0.1, -0.05) is 60.7 Å². The molecule has 0 aromatic heterocycles. The van der Waals surface area contributed by atoms with Gasteiger partial charge >= 0.3 is 12.1 Å². The number of nitrogens with zero attached hydrogens (tertiary/aromatic N) is 7. The van der Waals surface area contributed by atoms with Crippen molar-refractivity contribution in [3.8, 4) is 0 Å². The lowest BCUT2D eigenvalue weighted by atomic mass is 10.2. The van der Waals surface area contributed by atoms with Gasteiger partial charge in [-0.2, -0.15) is 0 Å². The third-order valence-electron chi connectivity index (χ3n) is 7.91. The quantitative estimate of drug-likeness (QED) is 0.610. The van der Waals surface area contributed by atoms with E-state index in [1.54, 1.807) is 4.90 Å². The Morgan fingerprint density at radius 2 is 1.08 bits per heavy atom. The Balaban J connectivity index is 0.000000158. The molecular weight excluding hydrogens is 492 g/mol. The number of urea groups is 2. The summed E-state index contributed by atoms with van der Waals surface area (Å²) < 4.78 is 0. The number of piperazine rings is 2. The largest absolute Gasteiger partial charge is 0.335 e. The van der Waals surface area contributed by atoms with Crippen molar-refractivity contribution in [1.82, 2.24) is 40.1 Å². The lowest BCUT2D eigenvalue weighted by Gasteiger charge is -2.39. The van der Waals surface area contributed by atoms with Crippen LogP contribution in [0.1, 0.15) is 11.1 Å². The minimum absolute atomic E-state index is 0.0523. The van der Waals surface area contributed by atoms with Crippen LogP contribution in [0.4, 0.5) is 9.59 Å². The van der Waals surface area contributed by atoms with E-state index in [-0.39, 0.29) is 12.1 Å². The average Bonchev–Trinajstić information content (AvgIpc) is 3.55. The molecule has 4 amide bonds. The lowest BCUT2D eigenvalue weighted by molar-refractivity contribution is -0.0139. The third-order valence-corrected chi connectivity index (χ3v) is 7.91. The highest BCUT2D eigenvalue weighted by Gasteiger charge is 2.32. The molecule has 0 saturated carbocycles. The zero-order chi connectivity index (χ0) is 27.0. The summed E-state index contributed by atoms with van der Waals surface area (Å²) >= 11 is 0. The van der Waals surface area contributed by atoms with E-state index in [9.17, 15) is 9.59 Å². The number of nitrogens with one attached hydrogen (secondary N) is 1. The molecule has 10 heteroatoms. The zero-order valence-electron chi connectivity index (χ0n) is 23.1. The van der Waals surface area contributed by atoms with E-state index in [2.05, 4.69) is 79.7 Å². The van der Waals surface area contributed by atoms with Crippen molar-refractivity contribution in [3.05, 3.63) is 71.8 Å². The van der Waals surface area contributed by atoms with E-state index < -0.39 is 0 Å². The minimum atomic E-state index is 0.0523. The Labute approximate surface area is 232 Å². The van der Waals surface area contributed by atoms with E-state index in [0.29, 0.717) is 0 Å². The number of hydrogen-bond donors (Lipinski definition) is 1. The number of carbonyl (C=O) groups is 2. The maximum Gasteiger partial charge on any atom is 0.334 e. The summed E-state index contributed by atoms with van der Waals surface area (Å²) in [5.41, 5.74) is 2.72. The van der Waals surface area contributed by atoms with E-state index >= 15 is 0 Å². The van der Waals surface area contributed by atoms with Gasteiger partial charge in [0.25, 0.3) is 0 Å².